The number of aryl methyl sites for hydroxylation is 1. The summed E-state index contributed by atoms with van der Waals surface area (Å²) in [5.41, 5.74) is 1.20. The summed E-state index contributed by atoms with van der Waals surface area (Å²) in [6.07, 6.45) is 0. The molecule has 0 heterocycles. The Bertz CT molecular complexity index is 1320. The van der Waals surface area contributed by atoms with Crippen molar-refractivity contribution in [1.29, 1.82) is 0 Å². The van der Waals surface area contributed by atoms with E-state index in [0.29, 0.717) is 23.0 Å². The van der Waals surface area contributed by atoms with Crippen LogP contribution in [0.15, 0.2) is 136 Å². The van der Waals surface area contributed by atoms with Crippen molar-refractivity contribution in [1.82, 2.24) is 0 Å². The first-order valence-corrected chi connectivity index (χ1v) is 12.6. The second kappa shape index (κ2) is 10.7. The molecular formula is C31H23F2O2S+. The van der Waals surface area contributed by atoms with Gasteiger partial charge in [0.2, 0.25) is 0 Å². The van der Waals surface area contributed by atoms with Gasteiger partial charge in [-0.1, -0.05) is 17.7 Å². The van der Waals surface area contributed by atoms with E-state index in [1.807, 2.05) is 24.3 Å². The van der Waals surface area contributed by atoms with E-state index in [4.69, 9.17) is 9.47 Å². The maximum absolute atomic E-state index is 13.2. The van der Waals surface area contributed by atoms with Crippen LogP contribution in [0.4, 0.5) is 8.78 Å². The van der Waals surface area contributed by atoms with Crippen molar-refractivity contribution in [2.45, 2.75) is 21.6 Å². The van der Waals surface area contributed by atoms with E-state index in [1.165, 1.54) is 34.7 Å². The largest absolute Gasteiger partial charge is 0.457 e. The standard InChI is InChI=1S/C31H23F2O2S/c1-22-2-16-29(17-3-22)36(30-18-12-27(13-19-30)34-25-8-4-23(32)5-9-25)31-20-14-28(15-21-31)35-26-10-6-24(33)7-11-26/h2-21H,1H3/q+1. The molecule has 0 saturated heterocycles. The Balaban J connectivity index is 1.41. The highest BCUT2D eigenvalue weighted by Crippen LogP contribution is 2.34. The van der Waals surface area contributed by atoms with Gasteiger partial charge in [-0.25, -0.2) is 8.78 Å². The Morgan fingerprint density at radius 1 is 0.417 bits per heavy atom. The molecule has 5 aromatic rings. The Morgan fingerprint density at radius 2 is 0.694 bits per heavy atom. The summed E-state index contributed by atoms with van der Waals surface area (Å²) in [5.74, 6) is 1.93. The number of halogens is 2. The van der Waals surface area contributed by atoms with Crippen molar-refractivity contribution < 1.29 is 18.3 Å². The first-order valence-electron chi connectivity index (χ1n) is 11.4. The lowest BCUT2D eigenvalue weighted by Gasteiger charge is -2.11. The van der Waals surface area contributed by atoms with Crippen LogP contribution in [0.5, 0.6) is 23.0 Å². The van der Waals surface area contributed by atoms with Gasteiger partial charge in [-0.2, -0.15) is 0 Å². The van der Waals surface area contributed by atoms with E-state index in [2.05, 4.69) is 55.5 Å². The molecule has 5 rings (SSSR count). The number of hydrogen-bond acceptors (Lipinski definition) is 2. The molecule has 0 aromatic heterocycles. The summed E-state index contributed by atoms with van der Waals surface area (Å²) >= 11 is 0. The van der Waals surface area contributed by atoms with Gasteiger partial charge in [-0.05, 0) is 116 Å². The van der Waals surface area contributed by atoms with E-state index in [1.54, 1.807) is 24.3 Å². The van der Waals surface area contributed by atoms with Crippen LogP contribution in [-0.2, 0) is 10.9 Å². The fourth-order valence-electron chi connectivity index (χ4n) is 3.65. The summed E-state index contributed by atoms with van der Waals surface area (Å²) in [4.78, 5) is 3.47. The molecule has 0 aliphatic carbocycles. The highest BCUT2D eigenvalue weighted by Gasteiger charge is 2.28. The zero-order chi connectivity index (χ0) is 24.9. The molecule has 5 aromatic carbocycles. The van der Waals surface area contributed by atoms with Gasteiger partial charge >= 0.3 is 0 Å². The topological polar surface area (TPSA) is 18.5 Å². The molecule has 0 aliphatic heterocycles. The lowest BCUT2D eigenvalue weighted by atomic mass is 10.2. The third-order valence-electron chi connectivity index (χ3n) is 5.47. The van der Waals surface area contributed by atoms with E-state index in [0.717, 1.165) is 9.79 Å². The monoisotopic (exact) mass is 497 g/mol. The summed E-state index contributed by atoms with van der Waals surface area (Å²) in [5, 5.41) is 0. The fraction of sp³-hybridized carbons (Fsp3) is 0.0323. The van der Waals surface area contributed by atoms with Gasteiger partial charge in [0.05, 0.1) is 10.9 Å². The zero-order valence-corrected chi connectivity index (χ0v) is 20.3. The molecule has 36 heavy (non-hydrogen) atoms. The summed E-state index contributed by atoms with van der Waals surface area (Å²) in [6.45, 7) is 2.07. The lowest BCUT2D eigenvalue weighted by molar-refractivity contribution is 0.480. The molecule has 0 unspecified atom stereocenters. The highest BCUT2D eigenvalue weighted by atomic mass is 32.2. The molecule has 0 radical (unpaired) electrons. The SMILES string of the molecule is Cc1ccc([S+](c2ccc(Oc3ccc(F)cc3)cc2)c2ccc(Oc3ccc(F)cc3)cc2)cc1. The Hall–Kier alpha value is -4.09. The molecule has 178 valence electrons. The van der Waals surface area contributed by atoms with Crippen LogP contribution in [0.3, 0.4) is 0 Å². The van der Waals surface area contributed by atoms with E-state index >= 15 is 0 Å². The quantitative estimate of drug-likeness (QED) is 0.209. The van der Waals surface area contributed by atoms with Crippen LogP contribution >= 0.6 is 0 Å². The van der Waals surface area contributed by atoms with Crippen LogP contribution < -0.4 is 9.47 Å². The van der Waals surface area contributed by atoms with Crippen molar-refractivity contribution in [3.8, 4) is 23.0 Å². The van der Waals surface area contributed by atoms with Crippen molar-refractivity contribution in [3.05, 3.63) is 139 Å². The van der Waals surface area contributed by atoms with Crippen LogP contribution in [-0.4, -0.2) is 0 Å². The molecule has 2 nitrogen and oxygen atoms in total. The fourth-order valence-corrected chi connectivity index (χ4v) is 5.69. The third-order valence-corrected chi connectivity index (χ3v) is 7.70. The Morgan fingerprint density at radius 3 is 1.03 bits per heavy atom. The molecule has 0 aliphatic rings. The number of benzene rings is 5. The van der Waals surface area contributed by atoms with E-state index < -0.39 is 0 Å². The summed E-state index contributed by atoms with van der Waals surface area (Å²) in [6, 6.07) is 36.4. The highest BCUT2D eigenvalue weighted by molar-refractivity contribution is 7.97. The van der Waals surface area contributed by atoms with Crippen molar-refractivity contribution in [2.24, 2.45) is 0 Å². The van der Waals surface area contributed by atoms with Crippen LogP contribution in [0.25, 0.3) is 0 Å². The molecule has 0 spiro atoms. The third kappa shape index (κ3) is 5.75. The van der Waals surface area contributed by atoms with Gasteiger partial charge in [-0.3, -0.25) is 0 Å². The predicted octanol–water partition coefficient (Wildman–Crippen LogP) is 8.95. The van der Waals surface area contributed by atoms with Gasteiger partial charge < -0.3 is 9.47 Å². The number of hydrogen-bond donors (Lipinski definition) is 0. The maximum atomic E-state index is 13.2. The average Bonchev–Trinajstić information content (AvgIpc) is 2.90. The second-order valence-corrected chi connectivity index (χ2v) is 10.2. The molecular weight excluding hydrogens is 474 g/mol. The molecule has 0 fully saturated rings. The lowest BCUT2D eigenvalue weighted by Crippen LogP contribution is -2.05. The zero-order valence-electron chi connectivity index (χ0n) is 19.5. The van der Waals surface area contributed by atoms with Crippen LogP contribution in [0.1, 0.15) is 5.56 Å². The Kier molecular flexibility index (Phi) is 7.01. The second-order valence-electron chi connectivity index (χ2n) is 8.17. The molecule has 5 heteroatoms. The smallest absolute Gasteiger partial charge is 0.166 e. The molecule has 0 atom stereocenters. The Labute approximate surface area is 212 Å². The van der Waals surface area contributed by atoms with Gasteiger partial charge in [0.15, 0.2) is 14.7 Å². The van der Waals surface area contributed by atoms with Gasteiger partial charge in [0.25, 0.3) is 0 Å². The molecule has 0 amide bonds. The predicted molar refractivity (Wildman–Crippen MR) is 139 cm³/mol. The first-order chi connectivity index (χ1) is 17.5. The number of rotatable bonds is 7. The van der Waals surface area contributed by atoms with Gasteiger partial charge in [0.1, 0.15) is 34.6 Å². The summed E-state index contributed by atoms with van der Waals surface area (Å²) in [7, 11) is -0.349. The minimum Gasteiger partial charge on any atom is -0.457 e. The molecule has 0 saturated carbocycles. The van der Waals surface area contributed by atoms with Crippen molar-refractivity contribution >= 4 is 10.9 Å². The number of ether oxygens (including phenoxy) is 2. The minimum absolute atomic E-state index is 0.297. The van der Waals surface area contributed by atoms with Gasteiger partial charge in [0, 0.05) is 0 Å². The molecule has 0 N–H and O–H groups in total. The van der Waals surface area contributed by atoms with E-state index in [9.17, 15) is 8.78 Å². The minimum atomic E-state index is -0.349. The van der Waals surface area contributed by atoms with Crippen molar-refractivity contribution in [3.63, 3.8) is 0 Å². The molecule has 0 bridgehead atoms. The van der Waals surface area contributed by atoms with Gasteiger partial charge in [-0.15, -0.1) is 0 Å². The van der Waals surface area contributed by atoms with E-state index in [-0.39, 0.29) is 22.5 Å². The summed E-state index contributed by atoms with van der Waals surface area (Å²) < 4.78 is 38.1. The average molecular weight is 498 g/mol. The van der Waals surface area contributed by atoms with Crippen molar-refractivity contribution in [2.75, 3.05) is 0 Å². The van der Waals surface area contributed by atoms with Crippen LogP contribution in [0.2, 0.25) is 0 Å². The van der Waals surface area contributed by atoms with Crippen LogP contribution in [0, 0.1) is 18.6 Å². The normalized spacial score (nSPS) is 10.9. The first kappa shape index (κ1) is 23.6. The maximum Gasteiger partial charge on any atom is 0.166 e.